The zero-order valence-electron chi connectivity index (χ0n) is 9.46. The fourth-order valence-electron chi connectivity index (χ4n) is 1.17. The van der Waals surface area contributed by atoms with Gasteiger partial charge in [-0.05, 0) is 19.3 Å². The first kappa shape index (κ1) is 14.2. The summed E-state index contributed by atoms with van der Waals surface area (Å²) < 4.78 is 5.04. The van der Waals surface area contributed by atoms with Gasteiger partial charge in [-0.3, -0.25) is 9.59 Å². The van der Waals surface area contributed by atoms with Gasteiger partial charge >= 0.3 is 5.97 Å². The maximum Gasteiger partial charge on any atom is 0.305 e. The van der Waals surface area contributed by atoms with Gasteiger partial charge < -0.3 is 10.1 Å². The Bertz CT molecular complexity index is 176. The molecule has 0 rings (SSSR count). The molecule has 0 radical (unpaired) electrons. The summed E-state index contributed by atoms with van der Waals surface area (Å²) in [6.45, 7) is 3.46. The second-order valence-corrected chi connectivity index (χ2v) is 5.16. The van der Waals surface area contributed by atoms with Crippen molar-refractivity contribution in [1.82, 2.24) is 5.32 Å². The van der Waals surface area contributed by atoms with Crippen molar-refractivity contribution < 1.29 is 14.3 Å². The van der Waals surface area contributed by atoms with E-state index in [1.165, 1.54) is 6.04 Å². The number of hydrogen-bond acceptors (Lipinski definition) is 3. The van der Waals surface area contributed by atoms with E-state index in [4.69, 9.17) is 4.74 Å². The van der Waals surface area contributed by atoms with Gasteiger partial charge in [0.05, 0.1) is 6.61 Å². The summed E-state index contributed by atoms with van der Waals surface area (Å²) in [6, 6.07) is 1.25. The van der Waals surface area contributed by atoms with Crippen molar-refractivity contribution in [3.63, 3.8) is 0 Å². The normalized spacial score (nSPS) is 10.5. The molecule has 0 bridgehead atoms. The summed E-state index contributed by atoms with van der Waals surface area (Å²) in [6.07, 6.45) is 3.76. The molecule has 1 N–H and O–H groups in total. The number of carbonyl (C=O) groups is 2. The van der Waals surface area contributed by atoms with Gasteiger partial charge in [0, 0.05) is 22.5 Å². The standard InChI is InChI=1S/C10H21NO3Si/c1-15-8-4-7-14-10(13)5-2-3-6-11-9-12/h9H,2-8,15H2,1H3,(H,11,12). The SMILES string of the molecule is C[SiH2]CCCOC(=O)CCCCNC=O. The zero-order chi connectivity index (χ0) is 11.4. The van der Waals surface area contributed by atoms with Gasteiger partial charge in [-0.15, -0.1) is 0 Å². The molecule has 0 aromatic heterocycles. The summed E-state index contributed by atoms with van der Waals surface area (Å²) in [5.74, 6) is -0.112. The van der Waals surface area contributed by atoms with E-state index in [2.05, 4.69) is 11.9 Å². The van der Waals surface area contributed by atoms with Gasteiger partial charge in [0.25, 0.3) is 0 Å². The molecule has 0 unspecified atom stereocenters. The molecule has 0 fully saturated rings. The van der Waals surface area contributed by atoms with Crippen molar-refractivity contribution in [3.8, 4) is 0 Å². The maximum absolute atomic E-state index is 11.1. The Labute approximate surface area is 93.6 Å². The van der Waals surface area contributed by atoms with Crippen LogP contribution in [-0.4, -0.2) is 35.1 Å². The zero-order valence-corrected chi connectivity index (χ0v) is 10.9. The number of nitrogens with one attached hydrogen (secondary N) is 1. The topological polar surface area (TPSA) is 55.4 Å². The van der Waals surface area contributed by atoms with Gasteiger partial charge in [0.15, 0.2) is 0 Å². The highest BCUT2D eigenvalue weighted by atomic mass is 28.2. The van der Waals surface area contributed by atoms with Crippen molar-refractivity contribution in [2.75, 3.05) is 13.2 Å². The predicted molar refractivity (Wildman–Crippen MR) is 62.7 cm³/mol. The average molecular weight is 231 g/mol. The molecule has 0 aliphatic carbocycles. The summed E-state index contributed by atoms with van der Waals surface area (Å²) in [5.41, 5.74) is 0. The smallest absolute Gasteiger partial charge is 0.305 e. The van der Waals surface area contributed by atoms with Crippen LogP contribution in [0.4, 0.5) is 0 Å². The van der Waals surface area contributed by atoms with E-state index in [-0.39, 0.29) is 15.5 Å². The minimum Gasteiger partial charge on any atom is -0.466 e. The van der Waals surface area contributed by atoms with Gasteiger partial charge in [-0.2, -0.15) is 0 Å². The van der Waals surface area contributed by atoms with Gasteiger partial charge in [0.2, 0.25) is 6.41 Å². The molecule has 5 heteroatoms. The quantitative estimate of drug-likeness (QED) is 0.257. The van der Waals surface area contributed by atoms with E-state index in [0.29, 0.717) is 26.0 Å². The van der Waals surface area contributed by atoms with E-state index >= 15 is 0 Å². The first-order valence-electron chi connectivity index (χ1n) is 5.64. The lowest BCUT2D eigenvalue weighted by Crippen LogP contribution is -2.13. The highest BCUT2D eigenvalue weighted by Gasteiger charge is 2.01. The molecule has 1 amide bonds. The molecule has 0 heterocycles. The molecule has 88 valence electrons. The monoisotopic (exact) mass is 231 g/mol. The average Bonchev–Trinajstić information content (AvgIpc) is 2.24. The van der Waals surface area contributed by atoms with E-state index in [0.717, 1.165) is 19.3 Å². The van der Waals surface area contributed by atoms with Crippen LogP contribution in [0.5, 0.6) is 0 Å². The summed E-state index contributed by atoms with van der Waals surface area (Å²) >= 11 is 0. The van der Waals surface area contributed by atoms with E-state index in [1.54, 1.807) is 0 Å². The van der Waals surface area contributed by atoms with Crippen molar-refractivity contribution >= 4 is 21.9 Å². The molecule has 0 aliphatic rings. The Balaban J connectivity index is 3.15. The molecule has 0 aliphatic heterocycles. The second-order valence-electron chi connectivity index (χ2n) is 3.46. The number of hydrogen-bond donors (Lipinski definition) is 1. The van der Waals surface area contributed by atoms with Crippen LogP contribution in [0.3, 0.4) is 0 Å². The van der Waals surface area contributed by atoms with Crippen LogP contribution in [0.2, 0.25) is 12.6 Å². The van der Waals surface area contributed by atoms with Crippen LogP contribution in [0.15, 0.2) is 0 Å². The first-order chi connectivity index (χ1) is 7.31. The molecule has 4 nitrogen and oxygen atoms in total. The fraction of sp³-hybridized carbons (Fsp3) is 0.800. The molecule has 0 saturated heterocycles. The van der Waals surface area contributed by atoms with Crippen LogP contribution in [0.25, 0.3) is 0 Å². The van der Waals surface area contributed by atoms with Gasteiger partial charge in [-0.25, -0.2) is 0 Å². The molecule has 0 atom stereocenters. The van der Waals surface area contributed by atoms with Crippen molar-refractivity contribution in [1.29, 1.82) is 0 Å². The lowest BCUT2D eigenvalue weighted by atomic mass is 10.2. The van der Waals surface area contributed by atoms with E-state index in [1.807, 2.05) is 0 Å². The lowest BCUT2D eigenvalue weighted by molar-refractivity contribution is -0.143. The van der Waals surface area contributed by atoms with Crippen molar-refractivity contribution in [3.05, 3.63) is 0 Å². The van der Waals surface area contributed by atoms with Crippen LogP contribution >= 0.6 is 0 Å². The third-order valence-corrected chi connectivity index (χ3v) is 3.25. The number of rotatable bonds is 10. The minimum absolute atomic E-state index is 0.111. The largest absolute Gasteiger partial charge is 0.466 e. The van der Waals surface area contributed by atoms with Gasteiger partial charge in [0.1, 0.15) is 0 Å². The third-order valence-electron chi connectivity index (χ3n) is 2.05. The van der Waals surface area contributed by atoms with Crippen molar-refractivity contribution in [2.24, 2.45) is 0 Å². The lowest BCUT2D eigenvalue weighted by Gasteiger charge is -2.03. The maximum atomic E-state index is 11.1. The molecule has 0 aromatic rings. The highest BCUT2D eigenvalue weighted by Crippen LogP contribution is 1.98. The Morgan fingerprint density at radius 1 is 1.40 bits per heavy atom. The van der Waals surface area contributed by atoms with Crippen LogP contribution in [-0.2, 0) is 14.3 Å². The van der Waals surface area contributed by atoms with Crippen LogP contribution in [0, 0.1) is 0 Å². The molecule has 0 spiro atoms. The Kier molecular flexibility index (Phi) is 10.6. The summed E-state index contributed by atoms with van der Waals surface area (Å²) in [7, 11) is 0.111. The predicted octanol–water partition coefficient (Wildman–Crippen LogP) is 0.471. The Morgan fingerprint density at radius 3 is 2.87 bits per heavy atom. The van der Waals surface area contributed by atoms with Crippen molar-refractivity contribution in [2.45, 2.75) is 38.3 Å². The third kappa shape index (κ3) is 11.1. The molecular formula is C10H21NO3Si. The Morgan fingerprint density at radius 2 is 2.20 bits per heavy atom. The summed E-state index contributed by atoms with van der Waals surface area (Å²) in [5, 5.41) is 2.55. The number of unbranched alkanes of at least 4 members (excludes halogenated alkanes) is 1. The number of esters is 1. The highest BCUT2D eigenvalue weighted by molar-refractivity contribution is 6.33. The molecule has 15 heavy (non-hydrogen) atoms. The van der Waals surface area contributed by atoms with Crippen LogP contribution < -0.4 is 5.32 Å². The van der Waals surface area contributed by atoms with E-state index in [9.17, 15) is 9.59 Å². The summed E-state index contributed by atoms with van der Waals surface area (Å²) in [4.78, 5) is 21.0. The number of carbonyl (C=O) groups excluding carboxylic acids is 2. The van der Waals surface area contributed by atoms with Crippen LogP contribution in [0.1, 0.15) is 25.7 Å². The first-order valence-corrected chi connectivity index (χ1v) is 8.05. The molecule has 0 saturated carbocycles. The Hall–Kier alpha value is -0.843. The minimum atomic E-state index is -0.112. The number of ether oxygens (including phenoxy) is 1. The fourth-order valence-corrected chi connectivity index (χ4v) is 1.87. The molecule has 0 aromatic carbocycles. The second kappa shape index (κ2) is 11.2. The number of amides is 1. The van der Waals surface area contributed by atoms with Gasteiger partial charge in [-0.1, -0.05) is 12.6 Å². The molecular weight excluding hydrogens is 210 g/mol. The van der Waals surface area contributed by atoms with E-state index < -0.39 is 0 Å².